The van der Waals surface area contributed by atoms with Crippen molar-refractivity contribution < 1.29 is 9.18 Å². The van der Waals surface area contributed by atoms with E-state index >= 15 is 0 Å². The van der Waals surface area contributed by atoms with Crippen LogP contribution in [0.3, 0.4) is 0 Å². The Kier molecular flexibility index (Phi) is 4.04. The zero-order chi connectivity index (χ0) is 15.5. The number of carbonyl (C=O) groups excluding carboxylic acids is 1. The Hall–Kier alpha value is -2.43. The normalized spacial score (nSPS) is 13.9. The molecular formula is C17H18FN3O. The number of nitrogens with zero attached hydrogens (tertiary/aromatic N) is 2. The van der Waals surface area contributed by atoms with Crippen LogP contribution in [-0.2, 0) is 17.8 Å². The molecule has 1 aliphatic carbocycles. The first kappa shape index (κ1) is 14.5. The number of anilines is 1. The standard InChI is InChI=1S/C17H18FN3O/c18-13-3-1-2-12(8-13)11-21(16-6-7-16)17(22)9-15-5-4-14(19)10-20-15/h1-5,8,10,16H,6-7,9,11,19H2. The molecule has 0 bridgehead atoms. The summed E-state index contributed by atoms with van der Waals surface area (Å²) in [6.45, 7) is 0.441. The van der Waals surface area contributed by atoms with E-state index in [0.717, 1.165) is 18.4 Å². The Labute approximate surface area is 128 Å². The Morgan fingerprint density at radius 1 is 1.32 bits per heavy atom. The monoisotopic (exact) mass is 299 g/mol. The zero-order valence-electron chi connectivity index (χ0n) is 12.2. The number of carbonyl (C=O) groups is 1. The Bertz CT molecular complexity index is 668. The van der Waals surface area contributed by atoms with Crippen molar-refractivity contribution in [1.29, 1.82) is 0 Å². The molecule has 22 heavy (non-hydrogen) atoms. The van der Waals surface area contributed by atoms with Crippen LogP contribution >= 0.6 is 0 Å². The average Bonchev–Trinajstić information content (AvgIpc) is 3.32. The van der Waals surface area contributed by atoms with E-state index in [2.05, 4.69) is 4.98 Å². The summed E-state index contributed by atoms with van der Waals surface area (Å²) in [6, 6.07) is 10.2. The average molecular weight is 299 g/mol. The SMILES string of the molecule is Nc1ccc(CC(=O)N(Cc2cccc(F)c2)C2CC2)nc1. The molecule has 1 aromatic heterocycles. The largest absolute Gasteiger partial charge is 0.397 e. The minimum atomic E-state index is -0.277. The lowest BCUT2D eigenvalue weighted by atomic mass is 10.2. The maximum Gasteiger partial charge on any atom is 0.229 e. The van der Waals surface area contributed by atoms with Crippen molar-refractivity contribution in [3.63, 3.8) is 0 Å². The first-order valence-corrected chi connectivity index (χ1v) is 7.36. The van der Waals surface area contributed by atoms with Gasteiger partial charge in [-0.3, -0.25) is 9.78 Å². The number of hydrogen-bond donors (Lipinski definition) is 1. The summed E-state index contributed by atoms with van der Waals surface area (Å²) < 4.78 is 13.3. The molecule has 0 aliphatic heterocycles. The maximum absolute atomic E-state index is 13.3. The quantitative estimate of drug-likeness (QED) is 0.923. The third kappa shape index (κ3) is 3.61. The van der Waals surface area contributed by atoms with E-state index in [1.165, 1.54) is 12.1 Å². The minimum Gasteiger partial charge on any atom is -0.397 e. The van der Waals surface area contributed by atoms with Crippen LogP contribution in [0.2, 0.25) is 0 Å². The second kappa shape index (κ2) is 6.13. The summed E-state index contributed by atoms with van der Waals surface area (Å²) >= 11 is 0. The molecule has 1 heterocycles. The van der Waals surface area contributed by atoms with Gasteiger partial charge < -0.3 is 10.6 Å². The van der Waals surface area contributed by atoms with E-state index in [0.29, 0.717) is 17.9 Å². The van der Waals surface area contributed by atoms with Crippen molar-refractivity contribution in [3.8, 4) is 0 Å². The van der Waals surface area contributed by atoms with Crippen molar-refractivity contribution in [1.82, 2.24) is 9.88 Å². The van der Waals surface area contributed by atoms with Gasteiger partial charge in [0.25, 0.3) is 0 Å². The number of nitrogens with two attached hydrogens (primary N) is 1. The van der Waals surface area contributed by atoms with E-state index in [1.807, 2.05) is 11.0 Å². The van der Waals surface area contributed by atoms with Crippen LogP contribution in [0.4, 0.5) is 10.1 Å². The molecule has 1 aliphatic rings. The van der Waals surface area contributed by atoms with Gasteiger partial charge in [-0.05, 0) is 42.7 Å². The molecule has 4 nitrogen and oxygen atoms in total. The number of rotatable bonds is 5. The van der Waals surface area contributed by atoms with E-state index in [1.54, 1.807) is 24.4 Å². The first-order valence-electron chi connectivity index (χ1n) is 7.36. The molecule has 0 radical (unpaired) electrons. The minimum absolute atomic E-state index is 0.0176. The molecular weight excluding hydrogens is 281 g/mol. The summed E-state index contributed by atoms with van der Waals surface area (Å²) in [6.07, 6.45) is 3.81. The summed E-state index contributed by atoms with van der Waals surface area (Å²) in [7, 11) is 0. The lowest BCUT2D eigenvalue weighted by Gasteiger charge is -2.22. The van der Waals surface area contributed by atoms with Gasteiger partial charge in [0.2, 0.25) is 5.91 Å². The lowest BCUT2D eigenvalue weighted by Crippen LogP contribution is -2.34. The molecule has 0 atom stereocenters. The predicted molar refractivity (Wildman–Crippen MR) is 82.3 cm³/mol. The number of amides is 1. The molecule has 5 heteroatoms. The van der Waals surface area contributed by atoms with Crippen LogP contribution in [0.1, 0.15) is 24.1 Å². The number of nitrogen functional groups attached to an aromatic ring is 1. The van der Waals surface area contributed by atoms with Crippen molar-refractivity contribution in [2.75, 3.05) is 5.73 Å². The van der Waals surface area contributed by atoms with E-state index in [4.69, 9.17) is 5.73 Å². The van der Waals surface area contributed by atoms with Gasteiger partial charge in [-0.25, -0.2) is 4.39 Å². The molecule has 114 valence electrons. The number of halogens is 1. The van der Waals surface area contributed by atoms with Gasteiger partial charge >= 0.3 is 0 Å². The van der Waals surface area contributed by atoms with Gasteiger partial charge in [0.05, 0.1) is 18.3 Å². The molecule has 1 aromatic carbocycles. The van der Waals surface area contributed by atoms with Crippen LogP contribution in [-0.4, -0.2) is 21.8 Å². The van der Waals surface area contributed by atoms with Crippen LogP contribution in [0, 0.1) is 5.82 Å². The summed E-state index contributed by atoms with van der Waals surface area (Å²) in [5, 5.41) is 0. The maximum atomic E-state index is 13.3. The molecule has 0 saturated heterocycles. The Morgan fingerprint density at radius 2 is 2.14 bits per heavy atom. The summed E-state index contributed by atoms with van der Waals surface area (Å²) in [5.41, 5.74) is 7.69. The highest BCUT2D eigenvalue weighted by Gasteiger charge is 2.32. The smallest absolute Gasteiger partial charge is 0.229 e. The number of benzene rings is 1. The fraction of sp³-hybridized carbons (Fsp3) is 0.294. The molecule has 1 saturated carbocycles. The third-order valence-corrected chi connectivity index (χ3v) is 3.73. The van der Waals surface area contributed by atoms with E-state index in [9.17, 15) is 9.18 Å². The first-order chi connectivity index (χ1) is 10.6. The van der Waals surface area contributed by atoms with Crippen LogP contribution < -0.4 is 5.73 Å². The van der Waals surface area contributed by atoms with Gasteiger partial charge in [-0.15, -0.1) is 0 Å². The molecule has 3 rings (SSSR count). The second-order valence-corrected chi connectivity index (χ2v) is 5.64. The van der Waals surface area contributed by atoms with Crippen LogP contribution in [0.15, 0.2) is 42.6 Å². The Balaban J connectivity index is 1.70. The van der Waals surface area contributed by atoms with Gasteiger partial charge in [0, 0.05) is 18.3 Å². The molecule has 1 amide bonds. The second-order valence-electron chi connectivity index (χ2n) is 5.64. The molecule has 0 spiro atoms. The summed E-state index contributed by atoms with van der Waals surface area (Å²) in [4.78, 5) is 18.5. The fourth-order valence-corrected chi connectivity index (χ4v) is 2.44. The van der Waals surface area contributed by atoms with Crippen molar-refractivity contribution in [3.05, 3.63) is 59.7 Å². The number of pyridine rings is 1. The van der Waals surface area contributed by atoms with E-state index < -0.39 is 0 Å². The van der Waals surface area contributed by atoms with Crippen molar-refractivity contribution in [2.24, 2.45) is 0 Å². The highest BCUT2D eigenvalue weighted by molar-refractivity contribution is 5.79. The van der Waals surface area contributed by atoms with Gasteiger partial charge in [-0.2, -0.15) is 0 Å². The van der Waals surface area contributed by atoms with Crippen LogP contribution in [0.5, 0.6) is 0 Å². The topological polar surface area (TPSA) is 59.2 Å². The highest BCUT2D eigenvalue weighted by atomic mass is 19.1. The fourth-order valence-electron chi connectivity index (χ4n) is 2.44. The van der Waals surface area contributed by atoms with Gasteiger partial charge in [0.1, 0.15) is 5.82 Å². The van der Waals surface area contributed by atoms with Crippen molar-refractivity contribution >= 4 is 11.6 Å². The number of hydrogen-bond acceptors (Lipinski definition) is 3. The molecule has 2 N–H and O–H groups in total. The zero-order valence-corrected chi connectivity index (χ0v) is 12.2. The number of aromatic nitrogens is 1. The Morgan fingerprint density at radius 3 is 2.77 bits per heavy atom. The third-order valence-electron chi connectivity index (χ3n) is 3.73. The highest BCUT2D eigenvalue weighted by Crippen LogP contribution is 2.29. The van der Waals surface area contributed by atoms with Crippen LogP contribution in [0.25, 0.3) is 0 Å². The molecule has 2 aromatic rings. The molecule has 1 fully saturated rings. The summed E-state index contributed by atoms with van der Waals surface area (Å²) in [5.74, 6) is -0.259. The lowest BCUT2D eigenvalue weighted by molar-refractivity contribution is -0.131. The predicted octanol–water partition coefficient (Wildman–Crippen LogP) is 2.54. The van der Waals surface area contributed by atoms with Gasteiger partial charge in [0.15, 0.2) is 0 Å². The van der Waals surface area contributed by atoms with E-state index in [-0.39, 0.29) is 24.2 Å². The van der Waals surface area contributed by atoms with Crippen molar-refractivity contribution in [2.45, 2.75) is 31.8 Å². The molecule has 0 unspecified atom stereocenters. The van der Waals surface area contributed by atoms with Gasteiger partial charge in [-0.1, -0.05) is 12.1 Å².